The van der Waals surface area contributed by atoms with Crippen molar-refractivity contribution < 1.29 is 4.74 Å². The molecule has 0 aromatic carbocycles. The maximum atomic E-state index is 9.19. The summed E-state index contributed by atoms with van der Waals surface area (Å²) in [6.07, 6.45) is 12.3. The molecule has 0 fully saturated rings. The van der Waals surface area contributed by atoms with Crippen LogP contribution in [0.2, 0.25) is 0 Å². The molecular formula is C19H26N4O. The van der Waals surface area contributed by atoms with Crippen LogP contribution in [0.25, 0.3) is 0 Å². The van der Waals surface area contributed by atoms with Crippen molar-refractivity contribution in [1.82, 2.24) is 4.98 Å². The number of allylic oxidation sites excluding steroid dienone is 4. The molecule has 24 heavy (non-hydrogen) atoms. The third kappa shape index (κ3) is 6.98. The van der Waals surface area contributed by atoms with E-state index >= 15 is 0 Å². The third-order valence-electron chi connectivity index (χ3n) is 2.78. The molecule has 0 spiro atoms. The topological polar surface area (TPSA) is 85.0 Å². The van der Waals surface area contributed by atoms with Gasteiger partial charge >= 0.3 is 0 Å². The number of aromatic nitrogens is 1. The Kier molecular flexibility index (Phi) is 12.2. The summed E-state index contributed by atoms with van der Waals surface area (Å²) in [6, 6.07) is 3.99. The first-order chi connectivity index (χ1) is 11.8. The molecule has 1 heterocycles. The number of aromatic amines is 1. The van der Waals surface area contributed by atoms with Crippen molar-refractivity contribution in [2.24, 2.45) is 4.99 Å². The minimum Gasteiger partial charge on any atom is -0.478 e. The van der Waals surface area contributed by atoms with Gasteiger partial charge in [0.15, 0.2) is 5.82 Å². The summed E-state index contributed by atoms with van der Waals surface area (Å²) < 4.78 is 5.44. The fourth-order valence-corrected chi connectivity index (χ4v) is 1.72. The molecule has 1 aromatic rings. The number of hydrogen-bond acceptors (Lipinski definition) is 4. The van der Waals surface area contributed by atoms with E-state index in [9.17, 15) is 5.26 Å². The van der Waals surface area contributed by atoms with Gasteiger partial charge in [-0.25, -0.2) is 4.99 Å². The minimum atomic E-state index is 0.208. The monoisotopic (exact) mass is 326 g/mol. The second kappa shape index (κ2) is 13.8. The number of rotatable bonds is 8. The van der Waals surface area contributed by atoms with Gasteiger partial charge in [-0.3, -0.25) is 0 Å². The lowest BCUT2D eigenvalue weighted by atomic mass is 10.2. The van der Waals surface area contributed by atoms with Crippen molar-refractivity contribution in [2.45, 2.75) is 47.0 Å². The maximum Gasteiger partial charge on any atom is 0.212 e. The average Bonchev–Trinajstić information content (AvgIpc) is 2.97. The highest BCUT2D eigenvalue weighted by Crippen LogP contribution is 2.29. The van der Waals surface area contributed by atoms with Crippen LogP contribution in [0, 0.1) is 22.7 Å². The molecule has 0 aliphatic heterocycles. The van der Waals surface area contributed by atoms with Crippen LogP contribution in [-0.4, -0.2) is 17.8 Å². The Balaban J connectivity index is 0.00000254. The van der Waals surface area contributed by atoms with Crippen molar-refractivity contribution in [3.8, 4) is 18.0 Å². The van der Waals surface area contributed by atoms with E-state index in [1.165, 1.54) is 0 Å². The lowest BCUT2D eigenvalue weighted by Crippen LogP contribution is -1.96. The first-order valence-electron chi connectivity index (χ1n) is 8.27. The summed E-state index contributed by atoms with van der Waals surface area (Å²) in [5.41, 5.74) is 0.423. The number of aliphatic imine (C=N–C) groups is 1. The standard InChI is InChI=1S/C17H20N4O.C2H6/c1-3-5-6-7-8-9-10-20-16-14(12-18)15(13-19)17(21-16)22-11-4-2;1-2/h3,5,8-10,21H,4,6-7,11H2,1-2H3;1-2H3/b5-3-,9-8+,20-10+;. The third-order valence-corrected chi connectivity index (χ3v) is 2.78. The van der Waals surface area contributed by atoms with Crippen LogP contribution < -0.4 is 4.74 Å². The van der Waals surface area contributed by atoms with E-state index in [1.807, 2.05) is 58.1 Å². The predicted molar refractivity (Wildman–Crippen MR) is 98.7 cm³/mol. The molecule has 0 amide bonds. The van der Waals surface area contributed by atoms with Gasteiger partial charge < -0.3 is 9.72 Å². The zero-order valence-electron chi connectivity index (χ0n) is 15.0. The Hall–Kier alpha value is -2.79. The normalized spacial score (nSPS) is 10.6. The average molecular weight is 326 g/mol. The number of nitrogens with one attached hydrogen (secondary N) is 1. The van der Waals surface area contributed by atoms with Crippen LogP contribution in [0.1, 0.15) is 58.1 Å². The number of nitrogens with zero attached hydrogens (tertiary/aromatic N) is 3. The van der Waals surface area contributed by atoms with Crippen LogP contribution >= 0.6 is 0 Å². The van der Waals surface area contributed by atoms with E-state index in [-0.39, 0.29) is 11.1 Å². The molecule has 5 heteroatoms. The molecule has 0 saturated heterocycles. The van der Waals surface area contributed by atoms with Gasteiger partial charge in [-0.05, 0) is 32.3 Å². The molecule has 0 saturated carbocycles. The van der Waals surface area contributed by atoms with E-state index in [1.54, 1.807) is 6.21 Å². The van der Waals surface area contributed by atoms with E-state index < -0.39 is 0 Å². The Morgan fingerprint density at radius 2 is 1.79 bits per heavy atom. The summed E-state index contributed by atoms with van der Waals surface area (Å²) in [5, 5.41) is 18.4. The van der Waals surface area contributed by atoms with Crippen molar-refractivity contribution in [3.05, 3.63) is 35.4 Å². The molecule has 5 nitrogen and oxygen atoms in total. The van der Waals surface area contributed by atoms with Gasteiger partial charge in [0.1, 0.15) is 23.3 Å². The van der Waals surface area contributed by atoms with Crippen LogP contribution in [0.3, 0.4) is 0 Å². The smallest absolute Gasteiger partial charge is 0.212 e. The molecule has 0 radical (unpaired) electrons. The fourth-order valence-electron chi connectivity index (χ4n) is 1.72. The van der Waals surface area contributed by atoms with Gasteiger partial charge in [0.25, 0.3) is 0 Å². The zero-order chi connectivity index (χ0) is 18.2. The number of nitriles is 2. The molecule has 1 N–H and O–H groups in total. The van der Waals surface area contributed by atoms with Crippen molar-refractivity contribution >= 4 is 12.0 Å². The molecule has 0 aliphatic rings. The van der Waals surface area contributed by atoms with E-state index in [4.69, 9.17) is 10.00 Å². The molecule has 0 atom stereocenters. The molecule has 1 aromatic heterocycles. The van der Waals surface area contributed by atoms with E-state index in [0.717, 1.165) is 19.3 Å². The number of unbranched alkanes of at least 4 members (excludes halogenated alkanes) is 1. The second-order valence-electron chi connectivity index (χ2n) is 4.48. The summed E-state index contributed by atoms with van der Waals surface area (Å²) >= 11 is 0. The van der Waals surface area contributed by atoms with Crippen molar-refractivity contribution in [3.63, 3.8) is 0 Å². The van der Waals surface area contributed by atoms with E-state index in [0.29, 0.717) is 18.3 Å². The lowest BCUT2D eigenvalue weighted by Gasteiger charge is -2.00. The Morgan fingerprint density at radius 3 is 2.38 bits per heavy atom. The van der Waals surface area contributed by atoms with Crippen LogP contribution in [0.5, 0.6) is 5.88 Å². The fraction of sp³-hybridized carbons (Fsp3) is 0.421. The van der Waals surface area contributed by atoms with Crippen LogP contribution in [0.4, 0.5) is 5.82 Å². The summed E-state index contributed by atoms with van der Waals surface area (Å²) in [5.74, 6) is 0.661. The highest BCUT2D eigenvalue weighted by Gasteiger charge is 2.17. The Labute approximate surface area is 145 Å². The van der Waals surface area contributed by atoms with Crippen LogP contribution in [0.15, 0.2) is 29.3 Å². The molecule has 0 unspecified atom stereocenters. The SMILES string of the molecule is C/C=C\CC/C=C/C=N/c1[nH]c(OCCC)c(C#N)c1C#N.CC. The Bertz CT molecular complexity index is 640. The summed E-state index contributed by atoms with van der Waals surface area (Å²) in [4.78, 5) is 7.08. The van der Waals surface area contributed by atoms with Gasteiger partial charge in [0.05, 0.1) is 6.61 Å². The van der Waals surface area contributed by atoms with Gasteiger partial charge in [-0.15, -0.1) is 0 Å². The van der Waals surface area contributed by atoms with Gasteiger partial charge in [-0.2, -0.15) is 10.5 Å². The van der Waals surface area contributed by atoms with Gasteiger partial charge in [-0.1, -0.05) is 39.0 Å². The largest absolute Gasteiger partial charge is 0.478 e. The maximum absolute atomic E-state index is 9.19. The molecule has 1 rings (SSSR count). The lowest BCUT2D eigenvalue weighted by molar-refractivity contribution is 0.306. The number of ether oxygens (including phenoxy) is 1. The predicted octanol–water partition coefficient (Wildman–Crippen LogP) is 5.19. The molecule has 128 valence electrons. The first kappa shape index (κ1) is 21.2. The van der Waals surface area contributed by atoms with Crippen molar-refractivity contribution in [2.75, 3.05) is 6.61 Å². The number of hydrogen-bond donors (Lipinski definition) is 1. The quantitative estimate of drug-likeness (QED) is 0.405. The summed E-state index contributed by atoms with van der Waals surface area (Å²) in [7, 11) is 0. The van der Waals surface area contributed by atoms with Gasteiger partial charge in [0.2, 0.25) is 5.88 Å². The highest BCUT2D eigenvalue weighted by molar-refractivity contribution is 5.76. The summed E-state index contributed by atoms with van der Waals surface area (Å²) in [6.45, 7) is 8.44. The Morgan fingerprint density at radius 1 is 1.12 bits per heavy atom. The second-order valence-corrected chi connectivity index (χ2v) is 4.48. The van der Waals surface area contributed by atoms with E-state index in [2.05, 4.69) is 16.1 Å². The molecular weight excluding hydrogens is 300 g/mol. The number of H-pyrrole nitrogens is 1. The highest BCUT2D eigenvalue weighted by atomic mass is 16.5. The molecule has 0 bridgehead atoms. The molecule has 0 aliphatic carbocycles. The first-order valence-corrected chi connectivity index (χ1v) is 8.27. The zero-order valence-corrected chi connectivity index (χ0v) is 15.0. The van der Waals surface area contributed by atoms with Crippen LogP contribution in [-0.2, 0) is 0 Å². The minimum absolute atomic E-state index is 0.208. The van der Waals surface area contributed by atoms with Gasteiger partial charge in [0, 0.05) is 6.21 Å². The van der Waals surface area contributed by atoms with Crippen molar-refractivity contribution in [1.29, 1.82) is 10.5 Å².